The lowest BCUT2D eigenvalue weighted by molar-refractivity contribution is 0.0526. The minimum Gasteiger partial charge on any atom is -0.462 e. The Morgan fingerprint density at radius 1 is 1.24 bits per heavy atom. The molecule has 0 saturated carbocycles. The standard InChI is InChI=1S/C15H12IN3O2/c1-2-21-15(20)11-5-3-10(4-6-11)12-9-19-13(16)7-18-14(19)8-17-12/h3-9H,2H2,1H3. The van der Waals surface area contributed by atoms with Crippen LogP contribution in [0.4, 0.5) is 0 Å². The van der Waals surface area contributed by atoms with Crippen LogP contribution in [0.15, 0.2) is 42.9 Å². The number of ether oxygens (including phenoxy) is 1. The van der Waals surface area contributed by atoms with Gasteiger partial charge in [0, 0.05) is 11.8 Å². The Labute approximate surface area is 135 Å². The number of halogens is 1. The highest BCUT2D eigenvalue weighted by atomic mass is 127. The summed E-state index contributed by atoms with van der Waals surface area (Å²) in [7, 11) is 0. The summed E-state index contributed by atoms with van der Waals surface area (Å²) in [5.74, 6) is -0.309. The van der Waals surface area contributed by atoms with Gasteiger partial charge in [0.1, 0.15) is 3.70 Å². The number of fused-ring (bicyclic) bond motifs is 1. The highest BCUT2D eigenvalue weighted by molar-refractivity contribution is 14.1. The molecule has 2 heterocycles. The molecule has 0 aliphatic heterocycles. The molecule has 0 radical (unpaired) electrons. The van der Waals surface area contributed by atoms with Crippen molar-refractivity contribution in [2.45, 2.75) is 6.92 Å². The predicted octanol–water partition coefficient (Wildman–Crippen LogP) is 3.18. The molecule has 6 heteroatoms. The van der Waals surface area contributed by atoms with E-state index in [1.807, 2.05) is 22.7 Å². The fourth-order valence-corrected chi connectivity index (χ4v) is 2.53. The van der Waals surface area contributed by atoms with Gasteiger partial charge in [0.15, 0.2) is 5.65 Å². The van der Waals surface area contributed by atoms with E-state index in [4.69, 9.17) is 4.74 Å². The van der Waals surface area contributed by atoms with E-state index in [1.54, 1.807) is 31.5 Å². The normalized spacial score (nSPS) is 10.8. The molecule has 0 bridgehead atoms. The minimum atomic E-state index is -0.309. The zero-order valence-corrected chi connectivity index (χ0v) is 13.4. The first-order chi connectivity index (χ1) is 10.2. The van der Waals surface area contributed by atoms with E-state index in [-0.39, 0.29) is 5.97 Å². The maximum atomic E-state index is 11.6. The first kappa shape index (κ1) is 14.0. The zero-order chi connectivity index (χ0) is 14.8. The number of hydrogen-bond donors (Lipinski definition) is 0. The highest BCUT2D eigenvalue weighted by Crippen LogP contribution is 2.19. The number of imidazole rings is 1. The SMILES string of the molecule is CCOC(=O)c1ccc(-c2cn3c(I)cnc3cn2)cc1. The number of benzene rings is 1. The van der Waals surface area contributed by atoms with Gasteiger partial charge in [-0.25, -0.2) is 9.78 Å². The number of rotatable bonds is 3. The second-order valence-electron chi connectivity index (χ2n) is 4.38. The van der Waals surface area contributed by atoms with Gasteiger partial charge in [0.05, 0.1) is 30.3 Å². The van der Waals surface area contributed by atoms with Crippen LogP contribution in [0.1, 0.15) is 17.3 Å². The molecule has 0 aliphatic carbocycles. The van der Waals surface area contributed by atoms with Crippen LogP contribution < -0.4 is 0 Å². The van der Waals surface area contributed by atoms with Gasteiger partial charge in [-0.2, -0.15) is 0 Å². The molecular weight excluding hydrogens is 381 g/mol. The first-order valence-corrected chi connectivity index (χ1v) is 7.53. The Bertz CT molecular complexity index is 796. The van der Waals surface area contributed by atoms with E-state index in [0.29, 0.717) is 12.2 Å². The maximum Gasteiger partial charge on any atom is 0.338 e. The fourth-order valence-electron chi connectivity index (χ4n) is 2.00. The van der Waals surface area contributed by atoms with E-state index in [0.717, 1.165) is 20.6 Å². The van der Waals surface area contributed by atoms with Crippen LogP contribution in [0.2, 0.25) is 0 Å². The molecular formula is C15H12IN3O2. The molecule has 2 aromatic heterocycles. The number of carbonyl (C=O) groups is 1. The number of nitrogens with zero attached hydrogens (tertiary/aromatic N) is 3. The van der Waals surface area contributed by atoms with Gasteiger partial charge in [0.2, 0.25) is 0 Å². The summed E-state index contributed by atoms with van der Waals surface area (Å²) in [5.41, 5.74) is 3.12. The molecule has 3 aromatic rings. The van der Waals surface area contributed by atoms with Gasteiger partial charge >= 0.3 is 5.97 Å². The van der Waals surface area contributed by atoms with Crippen LogP contribution in [0.5, 0.6) is 0 Å². The van der Waals surface area contributed by atoms with Gasteiger partial charge in [0.25, 0.3) is 0 Å². The van der Waals surface area contributed by atoms with Crippen LogP contribution in [-0.2, 0) is 4.74 Å². The molecule has 3 rings (SSSR count). The van der Waals surface area contributed by atoms with E-state index in [1.165, 1.54) is 0 Å². The average molecular weight is 393 g/mol. The summed E-state index contributed by atoms with van der Waals surface area (Å²) >= 11 is 2.22. The smallest absolute Gasteiger partial charge is 0.338 e. The van der Waals surface area contributed by atoms with E-state index in [2.05, 4.69) is 32.6 Å². The highest BCUT2D eigenvalue weighted by Gasteiger charge is 2.08. The van der Waals surface area contributed by atoms with Crippen molar-refractivity contribution in [3.05, 3.63) is 52.1 Å². The molecule has 0 atom stereocenters. The number of hydrogen-bond acceptors (Lipinski definition) is 4. The summed E-state index contributed by atoms with van der Waals surface area (Å²) in [6, 6.07) is 7.23. The lowest BCUT2D eigenvalue weighted by Crippen LogP contribution is -2.04. The molecule has 0 N–H and O–H groups in total. The van der Waals surface area contributed by atoms with Gasteiger partial charge in [-0.05, 0) is 41.6 Å². The quantitative estimate of drug-likeness (QED) is 0.507. The van der Waals surface area contributed by atoms with E-state index in [9.17, 15) is 4.79 Å². The Kier molecular flexibility index (Phi) is 3.87. The van der Waals surface area contributed by atoms with Crippen molar-refractivity contribution in [2.24, 2.45) is 0 Å². The Hall–Kier alpha value is -1.96. The van der Waals surface area contributed by atoms with Crippen LogP contribution in [0, 0.1) is 3.70 Å². The topological polar surface area (TPSA) is 56.5 Å². The number of esters is 1. The summed E-state index contributed by atoms with van der Waals surface area (Å²) < 4.78 is 7.97. The first-order valence-electron chi connectivity index (χ1n) is 6.45. The Morgan fingerprint density at radius 2 is 2.00 bits per heavy atom. The monoisotopic (exact) mass is 393 g/mol. The molecule has 21 heavy (non-hydrogen) atoms. The molecule has 0 amide bonds. The lowest BCUT2D eigenvalue weighted by atomic mass is 10.1. The molecule has 0 aliphatic rings. The summed E-state index contributed by atoms with van der Waals surface area (Å²) in [6.45, 7) is 2.16. The third-order valence-electron chi connectivity index (χ3n) is 3.04. The van der Waals surface area contributed by atoms with Crippen LogP contribution >= 0.6 is 22.6 Å². The van der Waals surface area contributed by atoms with Gasteiger partial charge < -0.3 is 4.74 Å². The van der Waals surface area contributed by atoms with Crippen molar-refractivity contribution in [1.29, 1.82) is 0 Å². The molecule has 1 aromatic carbocycles. The predicted molar refractivity (Wildman–Crippen MR) is 87.1 cm³/mol. The third kappa shape index (κ3) is 2.76. The summed E-state index contributed by atoms with van der Waals surface area (Å²) in [5, 5.41) is 0. The zero-order valence-electron chi connectivity index (χ0n) is 11.3. The molecule has 106 valence electrons. The second kappa shape index (κ2) is 5.80. The molecule has 0 fully saturated rings. The third-order valence-corrected chi connectivity index (χ3v) is 3.84. The summed E-state index contributed by atoms with van der Waals surface area (Å²) in [6.07, 6.45) is 5.46. The summed E-state index contributed by atoms with van der Waals surface area (Å²) in [4.78, 5) is 20.3. The van der Waals surface area contributed by atoms with E-state index < -0.39 is 0 Å². The number of aromatic nitrogens is 3. The van der Waals surface area contributed by atoms with Crippen molar-refractivity contribution in [3.8, 4) is 11.3 Å². The average Bonchev–Trinajstić information content (AvgIpc) is 2.89. The second-order valence-corrected chi connectivity index (χ2v) is 5.48. The lowest BCUT2D eigenvalue weighted by Gasteiger charge is -2.05. The van der Waals surface area contributed by atoms with Crippen LogP contribution in [-0.4, -0.2) is 26.9 Å². The van der Waals surface area contributed by atoms with Crippen LogP contribution in [0.3, 0.4) is 0 Å². The van der Waals surface area contributed by atoms with Gasteiger partial charge in [-0.15, -0.1) is 0 Å². The largest absolute Gasteiger partial charge is 0.462 e. The van der Waals surface area contributed by atoms with Crippen molar-refractivity contribution in [3.63, 3.8) is 0 Å². The van der Waals surface area contributed by atoms with Crippen molar-refractivity contribution >= 4 is 34.2 Å². The molecule has 0 unspecified atom stereocenters. The molecule has 5 nitrogen and oxygen atoms in total. The van der Waals surface area contributed by atoms with E-state index >= 15 is 0 Å². The fraction of sp³-hybridized carbons (Fsp3) is 0.133. The Balaban J connectivity index is 1.95. The van der Waals surface area contributed by atoms with Crippen molar-refractivity contribution < 1.29 is 9.53 Å². The minimum absolute atomic E-state index is 0.309. The van der Waals surface area contributed by atoms with Gasteiger partial charge in [-0.1, -0.05) is 12.1 Å². The Morgan fingerprint density at radius 3 is 2.71 bits per heavy atom. The molecule has 0 saturated heterocycles. The molecule has 0 spiro atoms. The van der Waals surface area contributed by atoms with Crippen molar-refractivity contribution in [2.75, 3.05) is 6.61 Å². The van der Waals surface area contributed by atoms with Gasteiger partial charge in [-0.3, -0.25) is 9.38 Å². The van der Waals surface area contributed by atoms with Crippen molar-refractivity contribution in [1.82, 2.24) is 14.4 Å². The maximum absolute atomic E-state index is 11.6. The number of carbonyl (C=O) groups excluding carboxylic acids is 1. The van der Waals surface area contributed by atoms with Crippen LogP contribution in [0.25, 0.3) is 16.9 Å².